The minimum atomic E-state index is 0.386. The van der Waals surface area contributed by atoms with Crippen molar-refractivity contribution >= 4 is 11.3 Å². The predicted octanol–water partition coefficient (Wildman–Crippen LogP) is 2.26. The largest absolute Gasteiger partial charge is 0.378 e. The molecule has 2 aliphatic heterocycles. The number of rotatable bonds is 4. The van der Waals surface area contributed by atoms with Crippen LogP contribution in [0.1, 0.15) is 29.6 Å². The van der Waals surface area contributed by atoms with E-state index in [9.17, 15) is 0 Å². The first kappa shape index (κ1) is 17.6. The van der Waals surface area contributed by atoms with Crippen LogP contribution < -0.4 is 4.90 Å². The fourth-order valence-corrected chi connectivity index (χ4v) is 4.17. The van der Waals surface area contributed by atoms with Crippen molar-refractivity contribution in [1.29, 1.82) is 0 Å². The molecule has 28 heavy (non-hydrogen) atoms. The zero-order chi connectivity index (χ0) is 18.9. The molecule has 2 aliphatic rings. The van der Waals surface area contributed by atoms with Crippen LogP contribution in [0.4, 0.5) is 5.69 Å². The number of hydrogen-bond acceptors (Lipinski definition) is 6. The molecule has 0 bridgehead atoms. The van der Waals surface area contributed by atoms with Crippen molar-refractivity contribution in [2.24, 2.45) is 0 Å². The molecule has 1 atom stereocenters. The number of ether oxygens (including phenoxy) is 1. The highest BCUT2D eigenvalue weighted by atomic mass is 16.5. The number of nitrogens with zero attached hydrogens (tertiary/aromatic N) is 6. The van der Waals surface area contributed by atoms with Crippen molar-refractivity contribution < 1.29 is 4.74 Å². The molecule has 0 radical (unpaired) electrons. The van der Waals surface area contributed by atoms with Crippen LogP contribution in [0.3, 0.4) is 0 Å². The van der Waals surface area contributed by atoms with Gasteiger partial charge in [0, 0.05) is 37.8 Å². The third-order valence-electron chi connectivity index (χ3n) is 5.68. The lowest BCUT2D eigenvalue weighted by molar-refractivity contribution is 0.122. The molecular formula is C21H26N6O. The number of hydrogen-bond donors (Lipinski definition) is 0. The Bertz CT molecular complexity index is 964. The molecule has 0 aliphatic carbocycles. The maximum Gasteiger partial charge on any atom is 0.156 e. The predicted molar refractivity (Wildman–Crippen MR) is 108 cm³/mol. The van der Waals surface area contributed by atoms with Crippen LogP contribution in [-0.2, 0) is 11.3 Å². The Labute approximate surface area is 165 Å². The van der Waals surface area contributed by atoms with Gasteiger partial charge < -0.3 is 9.64 Å². The van der Waals surface area contributed by atoms with E-state index in [-0.39, 0.29) is 0 Å². The van der Waals surface area contributed by atoms with Gasteiger partial charge in [-0.25, -0.2) is 9.50 Å². The standard InChI is InChI=1S/C21H26N6O/c1-16-3-2-4-18(22-16)14-25-8-7-17(13-25)21-23-20-6-5-19(15-27(20)24-21)26-9-11-28-12-10-26/h2-6,15,17H,7-14H2,1H3/t17-/m1/s1. The molecule has 3 aromatic heterocycles. The third-order valence-corrected chi connectivity index (χ3v) is 5.68. The van der Waals surface area contributed by atoms with Gasteiger partial charge in [0.2, 0.25) is 0 Å². The second-order valence-corrected chi connectivity index (χ2v) is 7.75. The van der Waals surface area contributed by atoms with E-state index in [1.54, 1.807) is 0 Å². The Morgan fingerprint density at radius 3 is 2.82 bits per heavy atom. The lowest BCUT2D eigenvalue weighted by Crippen LogP contribution is -2.36. The molecule has 0 saturated carbocycles. The smallest absolute Gasteiger partial charge is 0.156 e. The maximum absolute atomic E-state index is 5.45. The second-order valence-electron chi connectivity index (χ2n) is 7.75. The highest BCUT2D eigenvalue weighted by molar-refractivity contribution is 5.51. The molecule has 7 heteroatoms. The summed E-state index contributed by atoms with van der Waals surface area (Å²) < 4.78 is 7.39. The van der Waals surface area contributed by atoms with Gasteiger partial charge in [-0.1, -0.05) is 6.07 Å². The van der Waals surface area contributed by atoms with Crippen molar-refractivity contribution in [1.82, 2.24) is 24.5 Å². The minimum absolute atomic E-state index is 0.386. The van der Waals surface area contributed by atoms with E-state index in [4.69, 9.17) is 14.8 Å². The topological polar surface area (TPSA) is 58.8 Å². The SMILES string of the molecule is Cc1cccc(CN2CC[C@@H](c3nc4ccc(N5CCOCC5)cn4n3)C2)n1. The molecule has 7 nitrogen and oxygen atoms in total. The number of likely N-dealkylation sites (tertiary alicyclic amines) is 1. The average Bonchev–Trinajstić information content (AvgIpc) is 3.35. The zero-order valence-electron chi connectivity index (χ0n) is 16.3. The van der Waals surface area contributed by atoms with E-state index in [2.05, 4.69) is 45.2 Å². The Balaban J connectivity index is 1.29. The first-order chi connectivity index (χ1) is 13.7. The second kappa shape index (κ2) is 7.48. The molecule has 2 fully saturated rings. The van der Waals surface area contributed by atoms with Gasteiger partial charge in [-0.2, -0.15) is 5.10 Å². The van der Waals surface area contributed by atoms with Gasteiger partial charge in [-0.3, -0.25) is 9.88 Å². The Hall–Kier alpha value is -2.51. The normalized spacial score (nSPS) is 20.9. The molecule has 3 aromatic rings. The third kappa shape index (κ3) is 3.59. The highest BCUT2D eigenvalue weighted by Crippen LogP contribution is 2.27. The van der Waals surface area contributed by atoms with Crippen LogP contribution in [0.25, 0.3) is 5.65 Å². The van der Waals surface area contributed by atoms with Gasteiger partial charge in [0.1, 0.15) is 0 Å². The number of morpholine rings is 1. The highest BCUT2D eigenvalue weighted by Gasteiger charge is 2.27. The van der Waals surface area contributed by atoms with Crippen molar-refractivity contribution in [3.05, 3.63) is 53.7 Å². The first-order valence-corrected chi connectivity index (χ1v) is 10.1. The van der Waals surface area contributed by atoms with Crippen LogP contribution in [0, 0.1) is 6.92 Å². The number of aryl methyl sites for hydroxylation is 1. The van der Waals surface area contributed by atoms with Gasteiger partial charge >= 0.3 is 0 Å². The maximum atomic E-state index is 5.45. The summed E-state index contributed by atoms with van der Waals surface area (Å²) in [6.07, 6.45) is 3.19. The fraction of sp³-hybridized carbons (Fsp3) is 0.476. The van der Waals surface area contributed by atoms with Crippen LogP contribution in [-0.4, -0.2) is 63.9 Å². The summed E-state index contributed by atoms with van der Waals surface area (Å²) in [6, 6.07) is 10.5. The van der Waals surface area contributed by atoms with Crippen molar-refractivity contribution in [2.75, 3.05) is 44.3 Å². The van der Waals surface area contributed by atoms with E-state index in [0.717, 1.165) is 75.2 Å². The summed E-state index contributed by atoms with van der Waals surface area (Å²) in [5.74, 6) is 1.34. The Kier molecular flexibility index (Phi) is 4.70. The van der Waals surface area contributed by atoms with Crippen molar-refractivity contribution in [3.63, 3.8) is 0 Å². The molecule has 146 valence electrons. The van der Waals surface area contributed by atoms with Gasteiger partial charge in [-0.15, -0.1) is 0 Å². The monoisotopic (exact) mass is 378 g/mol. The van der Waals surface area contributed by atoms with E-state index in [1.165, 1.54) is 5.69 Å². The molecule has 0 unspecified atom stereocenters. The van der Waals surface area contributed by atoms with Gasteiger partial charge in [0.05, 0.1) is 30.8 Å². The Morgan fingerprint density at radius 1 is 1.07 bits per heavy atom. The summed E-state index contributed by atoms with van der Waals surface area (Å²) in [4.78, 5) is 14.2. The van der Waals surface area contributed by atoms with E-state index < -0.39 is 0 Å². The van der Waals surface area contributed by atoms with E-state index in [0.29, 0.717) is 5.92 Å². The quantitative estimate of drug-likeness (QED) is 0.694. The zero-order valence-corrected chi connectivity index (χ0v) is 16.3. The van der Waals surface area contributed by atoms with Gasteiger partial charge in [-0.05, 0) is 44.2 Å². The summed E-state index contributed by atoms with van der Waals surface area (Å²) in [7, 11) is 0. The minimum Gasteiger partial charge on any atom is -0.378 e. The molecule has 0 amide bonds. The lowest BCUT2D eigenvalue weighted by atomic mass is 10.1. The van der Waals surface area contributed by atoms with Gasteiger partial charge in [0.25, 0.3) is 0 Å². The number of pyridine rings is 2. The number of fused-ring (bicyclic) bond motifs is 1. The summed E-state index contributed by atoms with van der Waals surface area (Å²) >= 11 is 0. The average molecular weight is 378 g/mol. The molecule has 5 rings (SSSR count). The van der Waals surface area contributed by atoms with E-state index >= 15 is 0 Å². The van der Waals surface area contributed by atoms with Crippen LogP contribution in [0.2, 0.25) is 0 Å². The first-order valence-electron chi connectivity index (χ1n) is 10.1. The molecule has 0 spiro atoms. The molecular weight excluding hydrogens is 352 g/mol. The van der Waals surface area contributed by atoms with Crippen LogP contribution >= 0.6 is 0 Å². The van der Waals surface area contributed by atoms with Crippen molar-refractivity contribution in [3.8, 4) is 0 Å². The summed E-state index contributed by atoms with van der Waals surface area (Å²) in [6.45, 7) is 8.42. The van der Waals surface area contributed by atoms with Crippen LogP contribution in [0.5, 0.6) is 0 Å². The van der Waals surface area contributed by atoms with Crippen LogP contribution in [0.15, 0.2) is 36.5 Å². The number of aromatic nitrogens is 4. The lowest BCUT2D eigenvalue weighted by Gasteiger charge is -2.28. The Morgan fingerprint density at radius 2 is 1.96 bits per heavy atom. The number of anilines is 1. The molecule has 2 saturated heterocycles. The summed E-state index contributed by atoms with van der Waals surface area (Å²) in [5.41, 5.74) is 4.32. The molecule has 5 heterocycles. The fourth-order valence-electron chi connectivity index (χ4n) is 4.17. The van der Waals surface area contributed by atoms with E-state index in [1.807, 2.05) is 17.5 Å². The summed E-state index contributed by atoms with van der Waals surface area (Å²) in [5, 5.41) is 4.81. The van der Waals surface area contributed by atoms with Crippen molar-refractivity contribution in [2.45, 2.75) is 25.8 Å². The van der Waals surface area contributed by atoms with Gasteiger partial charge in [0.15, 0.2) is 11.5 Å². The molecule has 0 aromatic carbocycles. The molecule has 0 N–H and O–H groups in total.